The fourth-order valence-corrected chi connectivity index (χ4v) is 3.19. The van der Waals surface area contributed by atoms with Gasteiger partial charge in [0.2, 0.25) is 10.0 Å². The van der Waals surface area contributed by atoms with E-state index in [-0.39, 0.29) is 5.75 Å². The van der Waals surface area contributed by atoms with Crippen LogP contribution in [0.3, 0.4) is 0 Å². The third-order valence-electron chi connectivity index (χ3n) is 2.15. The first-order valence-corrected chi connectivity index (χ1v) is 8.61. The Balaban J connectivity index is 2.57. The lowest BCUT2D eigenvalue weighted by molar-refractivity contribution is 0.252. The first-order valence-electron chi connectivity index (χ1n) is 5.54. The maximum atomic E-state index is 12.1. The van der Waals surface area contributed by atoms with Gasteiger partial charge < -0.3 is 0 Å². The van der Waals surface area contributed by atoms with Crippen LogP contribution in [-0.2, 0) is 10.0 Å². The van der Waals surface area contributed by atoms with Crippen LogP contribution < -0.4 is 4.72 Å². The van der Waals surface area contributed by atoms with Gasteiger partial charge in [-0.05, 0) is 37.1 Å². The van der Waals surface area contributed by atoms with Gasteiger partial charge in [-0.3, -0.25) is 4.72 Å². The molecule has 0 fully saturated rings. The van der Waals surface area contributed by atoms with Gasteiger partial charge in [-0.2, -0.15) is 8.78 Å². The standard InChI is InChI=1S/C11H14ClF2NO2S2/c12-7-1-2-8-19(16,17)15-9-3-5-10(6-4-9)18-11(13)14/h3-6,11,15H,1-2,7-8H2. The third-order valence-corrected chi connectivity index (χ3v) is 4.51. The third kappa shape index (κ3) is 6.98. The van der Waals surface area contributed by atoms with Crippen molar-refractivity contribution in [2.75, 3.05) is 16.4 Å². The highest BCUT2D eigenvalue weighted by Crippen LogP contribution is 2.26. The van der Waals surface area contributed by atoms with Crippen molar-refractivity contribution in [3.63, 3.8) is 0 Å². The van der Waals surface area contributed by atoms with Gasteiger partial charge >= 0.3 is 0 Å². The van der Waals surface area contributed by atoms with Gasteiger partial charge in [0.1, 0.15) is 0 Å². The summed E-state index contributed by atoms with van der Waals surface area (Å²) in [5.41, 5.74) is 0.365. The number of anilines is 1. The molecule has 0 saturated carbocycles. The zero-order valence-electron chi connectivity index (χ0n) is 9.98. The fourth-order valence-electron chi connectivity index (χ4n) is 1.32. The molecule has 1 aromatic rings. The van der Waals surface area contributed by atoms with Crippen LogP contribution >= 0.6 is 23.4 Å². The molecule has 0 unspecified atom stereocenters. The van der Waals surface area contributed by atoms with Crippen molar-refractivity contribution in [2.45, 2.75) is 23.5 Å². The zero-order valence-corrected chi connectivity index (χ0v) is 12.4. The van der Waals surface area contributed by atoms with Crippen LogP contribution in [0.25, 0.3) is 0 Å². The monoisotopic (exact) mass is 329 g/mol. The Labute approximate surface area is 120 Å². The van der Waals surface area contributed by atoms with E-state index in [1.54, 1.807) is 0 Å². The average molecular weight is 330 g/mol. The number of halogens is 3. The van der Waals surface area contributed by atoms with E-state index >= 15 is 0 Å². The minimum atomic E-state index is -3.41. The highest BCUT2D eigenvalue weighted by molar-refractivity contribution is 7.99. The molecule has 0 spiro atoms. The van der Waals surface area contributed by atoms with Crippen LogP contribution in [0.2, 0.25) is 0 Å². The first-order chi connectivity index (χ1) is 8.93. The van der Waals surface area contributed by atoms with E-state index in [9.17, 15) is 17.2 Å². The van der Waals surface area contributed by atoms with Crippen LogP contribution in [0.15, 0.2) is 29.2 Å². The van der Waals surface area contributed by atoms with Gasteiger partial charge in [0.15, 0.2) is 0 Å². The highest BCUT2D eigenvalue weighted by Gasteiger charge is 2.10. The Morgan fingerprint density at radius 1 is 1.21 bits per heavy atom. The van der Waals surface area contributed by atoms with Gasteiger partial charge in [0.05, 0.1) is 5.75 Å². The molecule has 0 bridgehead atoms. The number of benzene rings is 1. The Morgan fingerprint density at radius 3 is 2.37 bits per heavy atom. The van der Waals surface area contributed by atoms with E-state index in [4.69, 9.17) is 11.6 Å². The average Bonchev–Trinajstić information content (AvgIpc) is 2.31. The second-order valence-corrected chi connectivity index (χ2v) is 7.00. The second kappa shape index (κ2) is 7.91. The minimum absolute atomic E-state index is 0.00669. The summed E-state index contributed by atoms with van der Waals surface area (Å²) in [6.45, 7) is 0. The minimum Gasteiger partial charge on any atom is -0.284 e. The molecular formula is C11H14ClF2NO2S2. The lowest BCUT2D eigenvalue weighted by Crippen LogP contribution is -2.16. The van der Waals surface area contributed by atoms with E-state index in [0.717, 1.165) is 0 Å². The molecule has 0 atom stereocenters. The summed E-state index contributed by atoms with van der Waals surface area (Å²) in [4.78, 5) is 0.389. The molecule has 0 aromatic heterocycles. The predicted octanol–water partition coefficient (Wildman–Crippen LogP) is 3.76. The molecule has 19 heavy (non-hydrogen) atoms. The lowest BCUT2D eigenvalue weighted by atomic mass is 10.3. The number of unbranched alkanes of at least 4 members (excludes halogenated alkanes) is 1. The smallest absolute Gasteiger partial charge is 0.284 e. The lowest BCUT2D eigenvalue weighted by Gasteiger charge is -2.08. The van der Waals surface area contributed by atoms with E-state index < -0.39 is 15.8 Å². The van der Waals surface area contributed by atoms with Crippen LogP contribution in [0.5, 0.6) is 0 Å². The van der Waals surface area contributed by atoms with Crippen LogP contribution in [0.1, 0.15) is 12.8 Å². The molecule has 0 amide bonds. The van der Waals surface area contributed by atoms with Crippen molar-refractivity contribution < 1.29 is 17.2 Å². The van der Waals surface area contributed by atoms with Crippen molar-refractivity contribution in [2.24, 2.45) is 0 Å². The molecule has 1 rings (SSSR count). The highest BCUT2D eigenvalue weighted by atomic mass is 35.5. The topological polar surface area (TPSA) is 46.2 Å². The zero-order chi connectivity index (χ0) is 14.3. The number of nitrogens with one attached hydrogen (secondary N) is 1. The summed E-state index contributed by atoms with van der Waals surface area (Å²) < 4.78 is 49.9. The molecule has 8 heteroatoms. The first kappa shape index (κ1) is 16.5. The number of hydrogen-bond donors (Lipinski definition) is 1. The van der Waals surface area contributed by atoms with Gasteiger partial charge in [-0.25, -0.2) is 8.42 Å². The Morgan fingerprint density at radius 2 is 1.84 bits per heavy atom. The number of rotatable bonds is 8. The Kier molecular flexibility index (Phi) is 6.88. The van der Waals surface area contributed by atoms with E-state index in [1.165, 1.54) is 24.3 Å². The molecule has 0 saturated heterocycles. The van der Waals surface area contributed by atoms with E-state index in [2.05, 4.69) is 4.72 Å². The SMILES string of the molecule is O=S(=O)(CCCCCl)Nc1ccc(SC(F)F)cc1. The molecular weight excluding hydrogens is 316 g/mol. The van der Waals surface area contributed by atoms with E-state index in [1.807, 2.05) is 0 Å². The maximum Gasteiger partial charge on any atom is 0.288 e. The normalized spacial score (nSPS) is 11.8. The van der Waals surface area contributed by atoms with Crippen LogP contribution in [0, 0.1) is 0 Å². The molecule has 0 radical (unpaired) electrons. The maximum absolute atomic E-state index is 12.1. The Bertz CT molecular complexity index is 480. The molecule has 108 valence electrons. The van der Waals surface area contributed by atoms with Crippen molar-refractivity contribution in [3.8, 4) is 0 Å². The van der Waals surface area contributed by atoms with Crippen molar-refractivity contribution in [1.82, 2.24) is 0 Å². The number of hydrogen-bond acceptors (Lipinski definition) is 3. The Hall–Kier alpha value is -0.530. The summed E-state index contributed by atoms with van der Waals surface area (Å²) in [6, 6.07) is 5.83. The van der Waals surface area contributed by atoms with Crippen LogP contribution in [-0.4, -0.2) is 25.8 Å². The van der Waals surface area contributed by atoms with Gasteiger partial charge in [-0.15, -0.1) is 11.6 Å². The molecule has 0 aliphatic heterocycles. The summed E-state index contributed by atoms with van der Waals surface area (Å²) in [5, 5.41) is 0. The molecule has 3 nitrogen and oxygen atoms in total. The predicted molar refractivity (Wildman–Crippen MR) is 75.7 cm³/mol. The quantitative estimate of drug-likeness (QED) is 0.449. The summed E-state index contributed by atoms with van der Waals surface area (Å²) in [7, 11) is -3.41. The molecule has 0 heterocycles. The second-order valence-electron chi connectivity index (χ2n) is 3.72. The van der Waals surface area contributed by atoms with Crippen molar-refractivity contribution in [3.05, 3.63) is 24.3 Å². The summed E-state index contributed by atoms with van der Waals surface area (Å²) in [6.07, 6.45) is 1.12. The number of alkyl halides is 3. The largest absolute Gasteiger partial charge is 0.288 e. The summed E-state index contributed by atoms with van der Waals surface area (Å²) in [5.74, 6) is -2.07. The molecule has 0 aliphatic carbocycles. The fraction of sp³-hybridized carbons (Fsp3) is 0.455. The molecule has 0 aliphatic rings. The summed E-state index contributed by atoms with van der Waals surface area (Å²) >= 11 is 5.89. The van der Waals surface area contributed by atoms with Gasteiger partial charge in [0, 0.05) is 16.5 Å². The number of thioether (sulfide) groups is 1. The van der Waals surface area contributed by atoms with Gasteiger partial charge in [-0.1, -0.05) is 11.8 Å². The van der Waals surface area contributed by atoms with Crippen molar-refractivity contribution >= 4 is 39.1 Å². The number of sulfonamides is 1. The van der Waals surface area contributed by atoms with Crippen LogP contribution in [0.4, 0.5) is 14.5 Å². The van der Waals surface area contributed by atoms with E-state index in [0.29, 0.717) is 41.1 Å². The van der Waals surface area contributed by atoms with Gasteiger partial charge in [0.25, 0.3) is 5.76 Å². The molecule has 1 aromatic carbocycles. The van der Waals surface area contributed by atoms with Crippen molar-refractivity contribution in [1.29, 1.82) is 0 Å². The molecule has 1 N–H and O–H groups in total.